The van der Waals surface area contributed by atoms with Crippen molar-refractivity contribution in [1.29, 1.82) is 0 Å². The molecule has 1 saturated heterocycles. The third kappa shape index (κ3) is 3.51. The predicted octanol–water partition coefficient (Wildman–Crippen LogP) is 2.38. The van der Waals surface area contributed by atoms with Crippen molar-refractivity contribution in [3.8, 4) is 0 Å². The Morgan fingerprint density at radius 2 is 1.65 bits per heavy atom. The van der Waals surface area contributed by atoms with Gasteiger partial charge in [0.05, 0.1) is 16.8 Å². The van der Waals surface area contributed by atoms with Gasteiger partial charge >= 0.3 is 5.97 Å². The molecule has 0 aromatic heterocycles. The number of carbonyl (C=O) groups is 4. The van der Waals surface area contributed by atoms with Gasteiger partial charge in [0.1, 0.15) is 6.04 Å². The lowest BCUT2D eigenvalue weighted by molar-refractivity contribution is -0.384. The predicted molar refractivity (Wildman–Crippen MR) is 107 cm³/mol. The van der Waals surface area contributed by atoms with Crippen molar-refractivity contribution < 1.29 is 28.8 Å². The monoisotopic (exact) mass is 428 g/mol. The van der Waals surface area contributed by atoms with Gasteiger partial charge in [-0.05, 0) is 49.1 Å². The van der Waals surface area contributed by atoms with E-state index in [9.17, 15) is 29.3 Å². The highest BCUT2D eigenvalue weighted by molar-refractivity contribution is 6.09. The van der Waals surface area contributed by atoms with Gasteiger partial charge in [-0.15, -0.1) is 0 Å². The lowest BCUT2D eigenvalue weighted by Gasteiger charge is -2.28. The van der Waals surface area contributed by atoms with Gasteiger partial charge in [0.15, 0.2) is 12.4 Å². The Morgan fingerprint density at radius 3 is 2.13 bits per heavy atom. The molecule has 2 amide bonds. The van der Waals surface area contributed by atoms with Crippen molar-refractivity contribution in [3.05, 3.63) is 39.9 Å². The molecule has 164 valence electrons. The minimum Gasteiger partial charge on any atom is -0.456 e. The first-order valence-electron chi connectivity index (χ1n) is 10.5. The molecule has 1 aromatic rings. The standard InChI is InChI=1S/C22H24N2O7/c1-11(2)19(23-20(26)17-13-3-4-14(9-13)18(17)21(23)27)22(28)31-10-16(25)12-5-7-15(8-6-12)24(29)30/h5-8,11,13-14,17-19H,3-4,9-10H2,1-2H3. The van der Waals surface area contributed by atoms with Gasteiger partial charge in [0.25, 0.3) is 5.69 Å². The van der Waals surface area contributed by atoms with Crippen molar-refractivity contribution in [1.82, 2.24) is 4.90 Å². The second-order valence-corrected chi connectivity index (χ2v) is 8.95. The van der Waals surface area contributed by atoms with E-state index >= 15 is 0 Å². The van der Waals surface area contributed by atoms with E-state index in [1.165, 1.54) is 24.3 Å². The smallest absolute Gasteiger partial charge is 0.330 e. The zero-order valence-corrected chi connectivity index (χ0v) is 17.4. The van der Waals surface area contributed by atoms with Crippen molar-refractivity contribution in [2.75, 3.05) is 6.61 Å². The number of hydrogen-bond acceptors (Lipinski definition) is 7. The third-order valence-corrected chi connectivity index (χ3v) is 6.86. The fourth-order valence-electron chi connectivity index (χ4n) is 5.46. The Kier molecular flexibility index (Phi) is 5.36. The van der Waals surface area contributed by atoms with Crippen LogP contribution in [0.5, 0.6) is 0 Å². The van der Waals surface area contributed by atoms with Crippen LogP contribution in [0, 0.1) is 39.7 Å². The van der Waals surface area contributed by atoms with E-state index in [-0.39, 0.29) is 52.7 Å². The van der Waals surface area contributed by atoms with E-state index in [1.807, 2.05) is 0 Å². The lowest BCUT2D eigenvalue weighted by Crippen LogP contribution is -2.50. The van der Waals surface area contributed by atoms with Crippen molar-refractivity contribution in [2.24, 2.45) is 29.6 Å². The highest BCUT2D eigenvalue weighted by Crippen LogP contribution is 2.56. The van der Waals surface area contributed by atoms with Crippen LogP contribution in [0.2, 0.25) is 0 Å². The highest BCUT2D eigenvalue weighted by atomic mass is 16.6. The van der Waals surface area contributed by atoms with E-state index in [4.69, 9.17) is 4.74 Å². The normalized spacial score (nSPS) is 27.5. The third-order valence-electron chi connectivity index (χ3n) is 6.86. The fraction of sp³-hybridized carbons (Fsp3) is 0.545. The van der Waals surface area contributed by atoms with Gasteiger partial charge in [-0.25, -0.2) is 4.79 Å². The molecule has 4 rings (SSSR count). The SMILES string of the molecule is CC(C)C(C(=O)OCC(=O)c1ccc([N+](=O)[O-])cc1)N1C(=O)C2C3CCC(C3)C2C1=O. The Bertz CT molecular complexity index is 927. The van der Waals surface area contributed by atoms with Crippen LogP contribution in [0.25, 0.3) is 0 Å². The van der Waals surface area contributed by atoms with Crippen molar-refractivity contribution in [3.63, 3.8) is 0 Å². The molecule has 2 bridgehead atoms. The molecule has 5 atom stereocenters. The summed E-state index contributed by atoms with van der Waals surface area (Å²) in [6.45, 7) is 2.88. The number of hydrogen-bond donors (Lipinski definition) is 0. The summed E-state index contributed by atoms with van der Waals surface area (Å²) in [5.41, 5.74) is 0.0120. The molecule has 0 spiro atoms. The van der Waals surface area contributed by atoms with Gasteiger partial charge < -0.3 is 4.74 Å². The molecule has 2 saturated carbocycles. The molecule has 2 aliphatic carbocycles. The summed E-state index contributed by atoms with van der Waals surface area (Å²) in [6.07, 6.45) is 2.79. The molecular formula is C22H24N2O7. The Balaban J connectivity index is 1.44. The number of rotatable bonds is 7. The summed E-state index contributed by atoms with van der Waals surface area (Å²) >= 11 is 0. The number of nitrogens with zero attached hydrogens (tertiary/aromatic N) is 2. The summed E-state index contributed by atoms with van der Waals surface area (Å²) in [6, 6.07) is 3.90. The number of ether oxygens (including phenoxy) is 1. The average molecular weight is 428 g/mol. The largest absolute Gasteiger partial charge is 0.456 e. The highest BCUT2D eigenvalue weighted by Gasteiger charge is 2.62. The second-order valence-electron chi connectivity index (χ2n) is 8.95. The van der Waals surface area contributed by atoms with Crippen LogP contribution in [0.1, 0.15) is 43.5 Å². The maximum Gasteiger partial charge on any atom is 0.330 e. The number of esters is 1. The number of amides is 2. The maximum atomic E-state index is 13.1. The summed E-state index contributed by atoms with van der Waals surface area (Å²) in [4.78, 5) is 62.5. The molecule has 0 N–H and O–H groups in total. The van der Waals surface area contributed by atoms with Crippen LogP contribution in [0.15, 0.2) is 24.3 Å². The fourth-order valence-corrected chi connectivity index (χ4v) is 5.46. The van der Waals surface area contributed by atoms with Gasteiger partial charge in [-0.3, -0.25) is 29.4 Å². The number of likely N-dealkylation sites (tertiary alicyclic amines) is 1. The summed E-state index contributed by atoms with van der Waals surface area (Å²) in [5, 5.41) is 10.7. The molecule has 5 unspecified atom stereocenters. The molecular weight excluding hydrogens is 404 g/mol. The molecule has 3 aliphatic rings. The minimum absolute atomic E-state index is 0.154. The van der Waals surface area contributed by atoms with Crippen LogP contribution in [-0.4, -0.2) is 46.0 Å². The lowest BCUT2D eigenvalue weighted by atomic mass is 9.81. The molecule has 1 heterocycles. The van der Waals surface area contributed by atoms with Crippen LogP contribution in [0.3, 0.4) is 0 Å². The number of benzene rings is 1. The molecule has 0 radical (unpaired) electrons. The zero-order valence-electron chi connectivity index (χ0n) is 17.4. The number of ketones is 1. The van der Waals surface area contributed by atoms with Gasteiger partial charge in [0.2, 0.25) is 11.8 Å². The maximum absolute atomic E-state index is 13.1. The van der Waals surface area contributed by atoms with E-state index in [2.05, 4.69) is 0 Å². The van der Waals surface area contributed by atoms with Crippen LogP contribution >= 0.6 is 0 Å². The first-order chi connectivity index (χ1) is 14.7. The first-order valence-corrected chi connectivity index (χ1v) is 10.5. The number of nitro benzene ring substituents is 1. The second kappa shape index (κ2) is 7.86. The number of nitro groups is 1. The molecule has 3 fully saturated rings. The topological polar surface area (TPSA) is 124 Å². The van der Waals surface area contributed by atoms with Crippen LogP contribution < -0.4 is 0 Å². The first kappa shape index (κ1) is 21.1. The van der Waals surface area contributed by atoms with Crippen molar-refractivity contribution in [2.45, 2.75) is 39.2 Å². The number of fused-ring (bicyclic) bond motifs is 5. The van der Waals surface area contributed by atoms with Gasteiger partial charge in [-0.1, -0.05) is 13.8 Å². The number of Topliss-reactive ketones (excluding diaryl/α,β-unsaturated/α-hetero) is 1. The molecule has 9 heteroatoms. The summed E-state index contributed by atoms with van der Waals surface area (Å²) in [5.74, 6) is -2.51. The van der Waals surface area contributed by atoms with E-state index in [0.29, 0.717) is 0 Å². The summed E-state index contributed by atoms with van der Waals surface area (Å²) < 4.78 is 5.19. The Hall–Kier alpha value is -3.10. The van der Waals surface area contributed by atoms with Crippen LogP contribution in [0.4, 0.5) is 5.69 Å². The van der Waals surface area contributed by atoms with E-state index in [0.717, 1.165) is 24.2 Å². The van der Waals surface area contributed by atoms with Crippen molar-refractivity contribution >= 4 is 29.3 Å². The average Bonchev–Trinajstić information content (AvgIpc) is 3.42. The van der Waals surface area contributed by atoms with Crippen LogP contribution in [-0.2, 0) is 19.1 Å². The molecule has 1 aromatic carbocycles. The zero-order chi connectivity index (χ0) is 22.4. The Morgan fingerprint density at radius 1 is 1.10 bits per heavy atom. The number of imide groups is 1. The molecule has 31 heavy (non-hydrogen) atoms. The van der Waals surface area contributed by atoms with Gasteiger partial charge in [0, 0.05) is 17.7 Å². The number of carbonyl (C=O) groups excluding carboxylic acids is 4. The summed E-state index contributed by atoms with van der Waals surface area (Å²) in [7, 11) is 0. The van der Waals surface area contributed by atoms with E-state index in [1.54, 1.807) is 13.8 Å². The molecule has 9 nitrogen and oxygen atoms in total. The molecule has 1 aliphatic heterocycles. The Labute approximate surface area is 178 Å². The van der Waals surface area contributed by atoms with Gasteiger partial charge in [-0.2, -0.15) is 0 Å². The van der Waals surface area contributed by atoms with E-state index < -0.39 is 29.3 Å². The quantitative estimate of drug-likeness (QED) is 0.215. The number of non-ortho nitro benzene ring substituents is 1. The minimum atomic E-state index is -1.07.